The summed E-state index contributed by atoms with van der Waals surface area (Å²) < 4.78 is 0.846. The van der Waals surface area contributed by atoms with Crippen molar-refractivity contribution < 1.29 is 4.79 Å². The summed E-state index contributed by atoms with van der Waals surface area (Å²) in [5.41, 5.74) is 6.42. The summed E-state index contributed by atoms with van der Waals surface area (Å²) in [5, 5.41) is 0. The number of carbonyl (C=O) groups excluding carboxylic acids is 1. The number of terminal acetylenes is 1. The van der Waals surface area contributed by atoms with E-state index in [4.69, 9.17) is 12.2 Å². The second-order valence-electron chi connectivity index (χ2n) is 3.17. The van der Waals surface area contributed by atoms with Crippen LogP contribution in [0.4, 0.5) is 0 Å². The normalized spacial score (nSPS) is 11.8. The highest BCUT2D eigenvalue weighted by molar-refractivity contribution is 9.10. The molecular formula is C11H11BrN2O. The first-order chi connectivity index (χ1) is 7.13. The van der Waals surface area contributed by atoms with Crippen molar-refractivity contribution in [1.29, 1.82) is 0 Å². The summed E-state index contributed by atoms with van der Waals surface area (Å²) in [6, 6.07) is 1.27. The minimum atomic E-state index is -0.575. The molecule has 2 N–H and O–H groups in total. The van der Waals surface area contributed by atoms with Crippen molar-refractivity contribution in [2.24, 2.45) is 5.73 Å². The molecule has 0 aliphatic heterocycles. The number of carbonyl (C=O) groups is 1. The predicted molar refractivity (Wildman–Crippen MR) is 62.1 cm³/mol. The van der Waals surface area contributed by atoms with E-state index in [1.54, 1.807) is 12.4 Å². The molecule has 1 unspecified atom stereocenters. The molecule has 0 radical (unpaired) electrons. The van der Waals surface area contributed by atoms with E-state index in [2.05, 4.69) is 26.8 Å². The number of nitrogens with two attached hydrogens (primary N) is 1. The fraction of sp³-hybridized carbons (Fsp3) is 0.273. The van der Waals surface area contributed by atoms with Gasteiger partial charge in [-0.25, -0.2) is 0 Å². The monoisotopic (exact) mass is 266 g/mol. The minimum absolute atomic E-state index is 0.0622. The third-order valence-electron chi connectivity index (χ3n) is 1.89. The Bertz CT molecular complexity index is 398. The smallest absolute Gasteiger partial charge is 0.154 e. The zero-order valence-corrected chi connectivity index (χ0v) is 9.70. The van der Waals surface area contributed by atoms with E-state index in [1.807, 2.05) is 6.07 Å². The summed E-state index contributed by atoms with van der Waals surface area (Å²) in [5.74, 6) is 2.31. The van der Waals surface area contributed by atoms with Gasteiger partial charge < -0.3 is 5.73 Å². The van der Waals surface area contributed by atoms with Gasteiger partial charge in [-0.05, 0) is 27.6 Å². The first kappa shape index (κ1) is 11.9. The van der Waals surface area contributed by atoms with Crippen molar-refractivity contribution in [1.82, 2.24) is 4.98 Å². The summed E-state index contributed by atoms with van der Waals surface area (Å²) in [6.45, 7) is 0. The van der Waals surface area contributed by atoms with Crippen LogP contribution in [0.1, 0.15) is 12.0 Å². The lowest BCUT2D eigenvalue weighted by atomic mass is 10.0. The average Bonchev–Trinajstić information content (AvgIpc) is 2.18. The van der Waals surface area contributed by atoms with Crippen molar-refractivity contribution >= 4 is 21.7 Å². The van der Waals surface area contributed by atoms with Crippen LogP contribution >= 0.6 is 15.9 Å². The third-order valence-corrected chi connectivity index (χ3v) is 2.32. The predicted octanol–water partition coefficient (Wildman–Crippen LogP) is 1.31. The second-order valence-corrected chi connectivity index (χ2v) is 4.08. The number of pyridine rings is 1. The van der Waals surface area contributed by atoms with Crippen molar-refractivity contribution in [2.45, 2.75) is 18.9 Å². The zero-order valence-electron chi connectivity index (χ0n) is 8.11. The van der Waals surface area contributed by atoms with Gasteiger partial charge in [0.15, 0.2) is 5.78 Å². The van der Waals surface area contributed by atoms with Gasteiger partial charge in [0, 0.05) is 29.7 Å². The second kappa shape index (κ2) is 5.64. The molecule has 1 aromatic rings. The Morgan fingerprint density at radius 1 is 1.67 bits per heavy atom. The molecular weight excluding hydrogens is 256 g/mol. The van der Waals surface area contributed by atoms with Gasteiger partial charge >= 0.3 is 0 Å². The molecule has 0 fully saturated rings. The molecule has 1 heterocycles. The molecule has 3 nitrogen and oxygen atoms in total. The summed E-state index contributed by atoms with van der Waals surface area (Å²) >= 11 is 3.28. The van der Waals surface area contributed by atoms with Gasteiger partial charge in [-0.2, -0.15) is 0 Å². The van der Waals surface area contributed by atoms with Crippen molar-refractivity contribution in [2.75, 3.05) is 0 Å². The van der Waals surface area contributed by atoms with Crippen molar-refractivity contribution in [3.63, 3.8) is 0 Å². The Kier molecular flexibility index (Phi) is 4.47. The number of hydrogen-bond acceptors (Lipinski definition) is 3. The van der Waals surface area contributed by atoms with Crippen LogP contribution in [0.25, 0.3) is 0 Å². The van der Waals surface area contributed by atoms with Crippen LogP contribution in [0.2, 0.25) is 0 Å². The topological polar surface area (TPSA) is 56.0 Å². The number of Topliss-reactive ketones (excluding diaryl/α,β-unsaturated/α-hetero) is 1. The SMILES string of the molecule is C#CCC(N)C(=O)Cc1cncc(Br)c1. The van der Waals surface area contributed by atoms with E-state index in [0.29, 0.717) is 0 Å². The largest absolute Gasteiger partial charge is 0.321 e. The van der Waals surface area contributed by atoms with Crippen LogP contribution < -0.4 is 5.73 Å². The van der Waals surface area contributed by atoms with Gasteiger partial charge in [0.2, 0.25) is 0 Å². The molecule has 0 saturated carbocycles. The molecule has 78 valence electrons. The molecule has 15 heavy (non-hydrogen) atoms. The van der Waals surface area contributed by atoms with Crippen molar-refractivity contribution in [3.05, 3.63) is 28.5 Å². The highest BCUT2D eigenvalue weighted by atomic mass is 79.9. The molecule has 1 aromatic heterocycles. The van der Waals surface area contributed by atoms with Crippen LogP contribution in [-0.4, -0.2) is 16.8 Å². The van der Waals surface area contributed by atoms with Crippen LogP contribution in [0.5, 0.6) is 0 Å². The molecule has 0 aliphatic rings. The molecule has 0 aromatic carbocycles. The number of rotatable bonds is 4. The highest BCUT2D eigenvalue weighted by Gasteiger charge is 2.12. The third kappa shape index (κ3) is 3.82. The molecule has 1 atom stereocenters. The quantitative estimate of drug-likeness (QED) is 0.837. The molecule has 4 heteroatoms. The van der Waals surface area contributed by atoms with Crippen LogP contribution in [-0.2, 0) is 11.2 Å². The lowest BCUT2D eigenvalue weighted by Crippen LogP contribution is -2.31. The lowest BCUT2D eigenvalue weighted by Gasteiger charge is -2.06. The Balaban J connectivity index is 2.63. The molecule has 0 amide bonds. The fourth-order valence-corrected chi connectivity index (χ4v) is 1.54. The van der Waals surface area contributed by atoms with E-state index in [9.17, 15) is 4.79 Å². The number of ketones is 1. The molecule has 0 spiro atoms. The zero-order chi connectivity index (χ0) is 11.3. The van der Waals surface area contributed by atoms with E-state index in [0.717, 1.165) is 10.0 Å². The van der Waals surface area contributed by atoms with Crippen LogP contribution in [0, 0.1) is 12.3 Å². The first-order valence-electron chi connectivity index (χ1n) is 4.44. The van der Waals surface area contributed by atoms with Gasteiger partial charge in [0.1, 0.15) is 0 Å². The maximum atomic E-state index is 11.6. The van der Waals surface area contributed by atoms with E-state index in [1.165, 1.54) is 0 Å². The Morgan fingerprint density at radius 2 is 2.40 bits per heavy atom. The van der Waals surface area contributed by atoms with E-state index in [-0.39, 0.29) is 18.6 Å². The van der Waals surface area contributed by atoms with Crippen LogP contribution in [0.3, 0.4) is 0 Å². The lowest BCUT2D eigenvalue weighted by molar-refractivity contribution is -0.119. The molecule has 0 saturated heterocycles. The average molecular weight is 267 g/mol. The van der Waals surface area contributed by atoms with Gasteiger partial charge in [-0.1, -0.05) is 0 Å². The molecule has 0 bridgehead atoms. The molecule has 0 aliphatic carbocycles. The molecule has 1 rings (SSSR count). The van der Waals surface area contributed by atoms with E-state index >= 15 is 0 Å². The number of hydrogen-bond donors (Lipinski definition) is 1. The minimum Gasteiger partial charge on any atom is -0.321 e. The summed E-state index contributed by atoms with van der Waals surface area (Å²) in [7, 11) is 0. The number of nitrogens with zero attached hydrogens (tertiary/aromatic N) is 1. The summed E-state index contributed by atoms with van der Waals surface area (Å²) in [4.78, 5) is 15.5. The van der Waals surface area contributed by atoms with Crippen molar-refractivity contribution in [3.8, 4) is 12.3 Å². The fourth-order valence-electron chi connectivity index (χ4n) is 1.13. The van der Waals surface area contributed by atoms with E-state index < -0.39 is 6.04 Å². The Hall–Kier alpha value is -1.18. The van der Waals surface area contributed by atoms with Gasteiger partial charge in [-0.3, -0.25) is 9.78 Å². The van der Waals surface area contributed by atoms with Gasteiger partial charge in [0.25, 0.3) is 0 Å². The maximum absolute atomic E-state index is 11.6. The maximum Gasteiger partial charge on any atom is 0.154 e. The van der Waals surface area contributed by atoms with Gasteiger partial charge in [-0.15, -0.1) is 12.3 Å². The van der Waals surface area contributed by atoms with Crippen LogP contribution in [0.15, 0.2) is 22.9 Å². The Labute approximate surface area is 97.2 Å². The number of aromatic nitrogens is 1. The Morgan fingerprint density at radius 3 is 3.00 bits per heavy atom. The van der Waals surface area contributed by atoms with Gasteiger partial charge in [0.05, 0.1) is 6.04 Å². The number of halogens is 1. The standard InChI is InChI=1S/C11H11BrN2O/c1-2-3-10(13)11(15)5-8-4-9(12)7-14-6-8/h1,4,6-7,10H,3,5,13H2. The summed E-state index contributed by atoms with van der Waals surface area (Å²) in [6.07, 6.45) is 8.94. The highest BCUT2D eigenvalue weighted by Crippen LogP contribution is 2.10. The first-order valence-corrected chi connectivity index (χ1v) is 5.24.